The van der Waals surface area contributed by atoms with E-state index >= 15 is 0 Å². The minimum Gasteiger partial charge on any atom is -0.451 e. The van der Waals surface area contributed by atoms with Gasteiger partial charge in [-0.3, -0.25) is 4.79 Å². The van der Waals surface area contributed by atoms with Crippen molar-refractivity contribution in [3.63, 3.8) is 0 Å². The second-order valence-corrected chi connectivity index (χ2v) is 13.9. The zero-order chi connectivity index (χ0) is 28.4. The lowest BCUT2D eigenvalue weighted by Crippen LogP contribution is -2.68. The van der Waals surface area contributed by atoms with Gasteiger partial charge in [0.1, 0.15) is 23.1 Å². The van der Waals surface area contributed by atoms with Gasteiger partial charge in [0.25, 0.3) is 0 Å². The number of fused-ring (bicyclic) bond motifs is 5. The first-order valence-corrected chi connectivity index (χ1v) is 14.2. The molecule has 1 aromatic rings. The van der Waals surface area contributed by atoms with E-state index in [0.717, 1.165) is 12.0 Å². The van der Waals surface area contributed by atoms with Crippen molar-refractivity contribution in [2.75, 3.05) is 6.61 Å². The van der Waals surface area contributed by atoms with Crippen molar-refractivity contribution >= 4 is 11.8 Å². The SMILES string of the molecule is CC1=CC23C(=O)[C@@H](C=C4COC(C)(C)O[C@H]4[C@]2(O)[C@H]1OC(=O)c1c(C(C)C)noc1C)[C@H]1[C@@H](CC3C)C1(C)C. The molecule has 2 saturated carbocycles. The number of carbonyl (C=O) groups is 2. The Kier molecular flexibility index (Phi) is 5.61. The second-order valence-electron chi connectivity index (χ2n) is 13.9. The lowest BCUT2D eigenvalue weighted by atomic mass is 9.59. The van der Waals surface area contributed by atoms with Crippen LogP contribution in [0.1, 0.15) is 89.5 Å². The number of hydrogen-bond donors (Lipinski definition) is 1. The Hall–Kier alpha value is -2.29. The number of esters is 1. The summed E-state index contributed by atoms with van der Waals surface area (Å²) in [5, 5.41) is 17.2. The van der Waals surface area contributed by atoms with Crippen LogP contribution in [0.15, 0.2) is 27.8 Å². The highest BCUT2D eigenvalue weighted by Crippen LogP contribution is 2.72. The smallest absolute Gasteiger partial charge is 0.344 e. The fraction of sp³-hybridized carbons (Fsp3) is 0.710. The standard InChI is InChI=1S/C31H41NO7/c1-14(2)23-21(17(5)39-32-23)27(34)37-25-15(3)12-30-16(4)10-20-22(28(20,6)7)19(24(30)33)11-18-13-36-29(8,9)38-26(18)31(25,30)35/h11-12,14,16,19-20,22,25-26,35H,10,13H2,1-9H3/t16?,19-,20+,22-,25-,26+,30?,31+/m0/s1. The number of aliphatic hydroxyl groups is 1. The first-order valence-electron chi connectivity index (χ1n) is 14.2. The quantitative estimate of drug-likeness (QED) is 0.427. The van der Waals surface area contributed by atoms with Crippen LogP contribution in [0.25, 0.3) is 0 Å². The maximum absolute atomic E-state index is 14.8. The number of Topliss-reactive ketones (excluding diaryl/α,β-unsaturated/α-hetero) is 1. The van der Waals surface area contributed by atoms with Gasteiger partial charge in [-0.2, -0.15) is 0 Å². The van der Waals surface area contributed by atoms with E-state index in [2.05, 4.69) is 25.9 Å². The predicted octanol–water partition coefficient (Wildman–Crippen LogP) is 4.90. The molecular weight excluding hydrogens is 498 g/mol. The average Bonchev–Trinajstić information content (AvgIpc) is 3.10. The third kappa shape index (κ3) is 3.37. The van der Waals surface area contributed by atoms with Crippen LogP contribution in [0.3, 0.4) is 0 Å². The molecule has 2 unspecified atom stereocenters. The summed E-state index contributed by atoms with van der Waals surface area (Å²) < 4.78 is 24.1. The van der Waals surface area contributed by atoms with Crippen molar-refractivity contribution < 1.29 is 33.4 Å². The highest BCUT2D eigenvalue weighted by molar-refractivity contribution is 5.96. The second kappa shape index (κ2) is 8.14. The highest BCUT2D eigenvalue weighted by atomic mass is 16.7. The first kappa shape index (κ1) is 26.9. The van der Waals surface area contributed by atoms with Gasteiger partial charge in [0, 0.05) is 5.92 Å². The third-order valence-corrected chi connectivity index (χ3v) is 10.5. The Balaban J connectivity index is 1.51. The van der Waals surface area contributed by atoms with Gasteiger partial charge in [-0.1, -0.05) is 51.9 Å². The van der Waals surface area contributed by atoms with Crippen molar-refractivity contribution in [2.24, 2.45) is 34.5 Å². The number of ether oxygens (including phenoxy) is 3. The molecule has 0 aromatic carbocycles. The fourth-order valence-electron chi connectivity index (χ4n) is 8.50. The number of aromatic nitrogens is 1. The van der Waals surface area contributed by atoms with Crippen molar-refractivity contribution in [3.8, 4) is 0 Å². The van der Waals surface area contributed by atoms with Gasteiger partial charge in [-0.15, -0.1) is 0 Å². The molecule has 6 rings (SSSR count). The lowest BCUT2D eigenvalue weighted by molar-refractivity contribution is -0.302. The molecule has 0 radical (unpaired) electrons. The molecule has 1 spiro atoms. The summed E-state index contributed by atoms with van der Waals surface area (Å²) in [6.45, 7) is 17.7. The van der Waals surface area contributed by atoms with Gasteiger partial charge in [-0.25, -0.2) is 4.79 Å². The van der Waals surface area contributed by atoms with Crippen LogP contribution >= 0.6 is 0 Å². The van der Waals surface area contributed by atoms with Gasteiger partial charge < -0.3 is 23.8 Å². The first-order chi connectivity index (χ1) is 18.1. The normalized spacial score (nSPS) is 41.5. The van der Waals surface area contributed by atoms with E-state index < -0.39 is 35.0 Å². The minimum atomic E-state index is -1.85. The Labute approximate surface area is 230 Å². The number of carbonyl (C=O) groups excluding carboxylic acids is 2. The van der Waals surface area contributed by atoms with E-state index in [1.165, 1.54) is 0 Å². The van der Waals surface area contributed by atoms with Crippen molar-refractivity contribution in [1.82, 2.24) is 5.16 Å². The molecule has 1 saturated heterocycles. The van der Waals surface area contributed by atoms with Crippen molar-refractivity contribution in [2.45, 2.75) is 98.2 Å². The van der Waals surface area contributed by atoms with Crippen LogP contribution in [0.5, 0.6) is 0 Å². The Morgan fingerprint density at radius 3 is 2.56 bits per heavy atom. The summed E-state index contributed by atoms with van der Waals surface area (Å²) in [5.74, 6) is -1.37. The minimum absolute atomic E-state index is 0.0131. The van der Waals surface area contributed by atoms with Crippen LogP contribution in [-0.4, -0.2) is 52.2 Å². The summed E-state index contributed by atoms with van der Waals surface area (Å²) in [6.07, 6.45) is 2.71. The number of hydrogen-bond acceptors (Lipinski definition) is 8. The molecule has 5 aliphatic rings. The van der Waals surface area contributed by atoms with Crippen LogP contribution in [0, 0.1) is 41.4 Å². The van der Waals surface area contributed by atoms with Crippen LogP contribution in [0.4, 0.5) is 0 Å². The summed E-state index contributed by atoms with van der Waals surface area (Å²) in [4.78, 5) is 28.6. The van der Waals surface area contributed by atoms with E-state index in [0.29, 0.717) is 22.9 Å². The number of ketones is 1. The Bertz CT molecular complexity index is 1320. The van der Waals surface area contributed by atoms with Crippen LogP contribution in [-0.2, 0) is 19.0 Å². The van der Waals surface area contributed by atoms with Gasteiger partial charge >= 0.3 is 5.97 Å². The van der Waals surface area contributed by atoms with E-state index in [1.807, 2.05) is 32.9 Å². The molecule has 1 aliphatic heterocycles. The Morgan fingerprint density at radius 1 is 1.21 bits per heavy atom. The van der Waals surface area contributed by atoms with E-state index in [-0.39, 0.29) is 47.0 Å². The van der Waals surface area contributed by atoms with Gasteiger partial charge in [0.15, 0.2) is 23.3 Å². The molecule has 4 aliphatic carbocycles. The molecule has 39 heavy (non-hydrogen) atoms. The topological polar surface area (TPSA) is 108 Å². The fourth-order valence-corrected chi connectivity index (χ4v) is 8.50. The molecule has 1 N–H and O–H groups in total. The summed E-state index contributed by atoms with van der Waals surface area (Å²) in [7, 11) is 0. The Morgan fingerprint density at radius 2 is 1.90 bits per heavy atom. The van der Waals surface area contributed by atoms with Crippen molar-refractivity contribution in [3.05, 3.63) is 40.3 Å². The largest absolute Gasteiger partial charge is 0.451 e. The molecule has 8 atom stereocenters. The number of aryl methyl sites for hydroxylation is 1. The highest BCUT2D eigenvalue weighted by Gasteiger charge is 2.77. The summed E-state index contributed by atoms with van der Waals surface area (Å²) >= 11 is 0. The molecule has 3 fully saturated rings. The van der Waals surface area contributed by atoms with Gasteiger partial charge in [-0.05, 0) is 74.3 Å². The predicted molar refractivity (Wildman–Crippen MR) is 142 cm³/mol. The average molecular weight is 540 g/mol. The number of allylic oxidation sites excluding steroid dienone is 1. The molecule has 8 heteroatoms. The molecule has 2 bridgehead atoms. The van der Waals surface area contributed by atoms with E-state index in [4.69, 9.17) is 18.7 Å². The van der Waals surface area contributed by atoms with Gasteiger partial charge in [0.05, 0.1) is 12.0 Å². The molecule has 2 heterocycles. The molecule has 0 amide bonds. The third-order valence-electron chi connectivity index (χ3n) is 10.5. The maximum atomic E-state index is 14.8. The van der Waals surface area contributed by atoms with Crippen molar-refractivity contribution in [1.29, 1.82) is 0 Å². The monoisotopic (exact) mass is 539 g/mol. The van der Waals surface area contributed by atoms with Gasteiger partial charge in [0.2, 0.25) is 0 Å². The number of nitrogens with zero attached hydrogens (tertiary/aromatic N) is 1. The van der Waals surface area contributed by atoms with Crippen LogP contribution < -0.4 is 0 Å². The molecule has 8 nitrogen and oxygen atoms in total. The van der Waals surface area contributed by atoms with E-state index in [9.17, 15) is 14.7 Å². The zero-order valence-electron chi connectivity index (χ0n) is 24.5. The molecule has 1 aromatic heterocycles. The zero-order valence-corrected chi connectivity index (χ0v) is 24.5. The lowest BCUT2D eigenvalue weighted by Gasteiger charge is -2.52. The van der Waals surface area contributed by atoms with E-state index in [1.54, 1.807) is 20.8 Å². The summed E-state index contributed by atoms with van der Waals surface area (Å²) in [6, 6.07) is 0. The summed E-state index contributed by atoms with van der Waals surface area (Å²) in [5.41, 5.74) is -0.948. The number of rotatable bonds is 3. The van der Waals surface area contributed by atoms with Crippen LogP contribution in [0.2, 0.25) is 0 Å². The molecule has 212 valence electrons. The molecular formula is C31H41NO7. The maximum Gasteiger partial charge on any atom is 0.344 e.